The van der Waals surface area contributed by atoms with Gasteiger partial charge in [0.1, 0.15) is 5.75 Å². The fourth-order valence-electron chi connectivity index (χ4n) is 4.73. The smallest absolute Gasteiger partial charge is 0.261 e. The van der Waals surface area contributed by atoms with Gasteiger partial charge in [0.25, 0.3) is 17.7 Å². The molecular weight excluding hydrogens is 470 g/mol. The fraction of sp³-hybridized carbons (Fsp3) is 0.241. The highest BCUT2D eigenvalue weighted by Gasteiger charge is 2.35. The minimum absolute atomic E-state index is 0.0466. The standard InChI is InChI=1S/C29H27N3O5/c1-2-37-25-13-12-20(18-32-28(35)22-9-3-4-10-23(22)29(32)36)16-24(25)27(34)30-17-19-7-5-8-21(15-19)31-14-6-11-26(31)33/h3-5,7-10,12-13,15-16H,2,6,11,14,17-18H2,1H3,(H,30,34). The predicted octanol–water partition coefficient (Wildman–Crippen LogP) is 3.94. The van der Waals surface area contributed by atoms with Gasteiger partial charge in [-0.2, -0.15) is 0 Å². The molecule has 0 unspecified atom stereocenters. The monoisotopic (exact) mass is 497 g/mol. The van der Waals surface area contributed by atoms with Crippen molar-refractivity contribution in [1.82, 2.24) is 10.2 Å². The highest BCUT2D eigenvalue weighted by atomic mass is 16.5. The van der Waals surface area contributed by atoms with Gasteiger partial charge in [-0.05, 0) is 60.9 Å². The van der Waals surface area contributed by atoms with E-state index in [9.17, 15) is 19.2 Å². The molecule has 2 aliphatic heterocycles. The van der Waals surface area contributed by atoms with Gasteiger partial charge in [-0.3, -0.25) is 24.1 Å². The molecule has 1 saturated heterocycles. The van der Waals surface area contributed by atoms with Gasteiger partial charge in [0.2, 0.25) is 5.91 Å². The maximum atomic E-state index is 13.2. The maximum absolute atomic E-state index is 13.2. The summed E-state index contributed by atoms with van der Waals surface area (Å²) in [5, 5.41) is 2.93. The van der Waals surface area contributed by atoms with Crippen LogP contribution in [0.2, 0.25) is 0 Å². The van der Waals surface area contributed by atoms with E-state index >= 15 is 0 Å². The van der Waals surface area contributed by atoms with Crippen LogP contribution in [0, 0.1) is 0 Å². The Morgan fingerprint density at radius 3 is 2.35 bits per heavy atom. The second-order valence-electron chi connectivity index (χ2n) is 9.01. The van der Waals surface area contributed by atoms with Gasteiger partial charge < -0.3 is 15.0 Å². The number of anilines is 1. The van der Waals surface area contributed by atoms with Crippen molar-refractivity contribution in [1.29, 1.82) is 0 Å². The predicted molar refractivity (Wildman–Crippen MR) is 137 cm³/mol. The first-order chi connectivity index (χ1) is 18.0. The van der Waals surface area contributed by atoms with E-state index in [0.717, 1.165) is 17.7 Å². The van der Waals surface area contributed by atoms with E-state index < -0.39 is 0 Å². The summed E-state index contributed by atoms with van der Waals surface area (Å²) in [7, 11) is 0. The number of carbonyl (C=O) groups is 4. The number of benzene rings is 3. The van der Waals surface area contributed by atoms with E-state index in [2.05, 4.69) is 5.32 Å². The summed E-state index contributed by atoms with van der Waals surface area (Å²) in [4.78, 5) is 53.8. The van der Waals surface area contributed by atoms with Crippen LogP contribution >= 0.6 is 0 Å². The zero-order valence-electron chi connectivity index (χ0n) is 20.5. The van der Waals surface area contributed by atoms with Gasteiger partial charge >= 0.3 is 0 Å². The first-order valence-electron chi connectivity index (χ1n) is 12.3. The maximum Gasteiger partial charge on any atom is 0.261 e. The number of hydrogen-bond acceptors (Lipinski definition) is 5. The Balaban J connectivity index is 1.32. The lowest BCUT2D eigenvalue weighted by molar-refractivity contribution is -0.117. The number of carbonyl (C=O) groups excluding carboxylic acids is 4. The topological polar surface area (TPSA) is 96.0 Å². The third-order valence-electron chi connectivity index (χ3n) is 6.56. The van der Waals surface area contributed by atoms with Gasteiger partial charge in [-0.15, -0.1) is 0 Å². The van der Waals surface area contributed by atoms with Crippen molar-refractivity contribution in [2.75, 3.05) is 18.1 Å². The first kappa shape index (κ1) is 24.2. The van der Waals surface area contributed by atoms with E-state index in [4.69, 9.17) is 4.74 Å². The molecule has 0 bridgehead atoms. The number of fused-ring (bicyclic) bond motifs is 1. The molecule has 0 radical (unpaired) electrons. The van der Waals surface area contributed by atoms with Crippen molar-refractivity contribution in [3.63, 3.8) is 0 Å². The highest BCUT2D eigenvalue weighted by Crippen LogP contribution is 2.27. The van der Waals surface area contributed by atoms with E-state index in [-0.39, 0.29) is 36.7 Å². The summed E-state index contributed by atoms with van der Waals surface area (Å²) >= 11 is 0. The Labute approximate surface area is 214 Å². The number of ether oxygens (including phenoxy) is 1. The molecule has 2 heterocycles. The van der Waals surface area contributed by atoms with E-state index in [0.29, 0.717) is 47.6 Å². The van der Waals surface area contributed by atoms with E-state index in [1.54, 1.807) is 47.4 Å². The van der Waals surface area contributed by atoms with E-state index in [1.807, 2.05) is 31.2 Å². The SMILES string of the molecule is CCOc1ccc(CN2C(=O)c3ccccc3C2=O)cc1C(=O)NCc1cccc(N2CCCC2=O)c1. The van der Waals surface area contributed by atoms with Crippen molar-refractivity contribution in [3.8, 4) is 5.75 Å². The average molecular weight is 498 g/mol. The van der Waals surface area contributed by atoms with Gasteiger partial charge in [-0.25, -0.2) is 0 Å². The quantitative estimate of drug-likeness (QED) is 0.476. The minimum atomic E-state index is -0.350. The zero-order valence-corrected chi connectivity index (χ0v) is 20.5. The molecule has 1 fully saturated rings. The van der Waals surface area contributed by atoms with Crippen molar-refractivity contribution in [2.24, 2.45) is 0 Å². The molecule has 1 N–H and O–H groups in total. The van der Waals surface area contributed by atoms with Gasteiger partial charge in [-0.1, -0.05) is 30.3 Å². The van der Waals surface area contributed by atoms with Crippen LogP contribution in [0.3, 0.4) is 0 Å². The molecule has 2 aliphatic rings. The Bertz CT molecular complexity index is 1360. The molecular formula is C29H27N3O5. The minimum Gasteiger partial charge on any atom is -0.493 e. The fourth-order valence-corrected chi connectivity index (χ4v) is 4.73. The van der Waals surface area contributed by atoms with Crippen LogP contribution in [0.4, 0.5) is 5.69 Å². The lowest BCUT2D eigenvalue weighted by Gasteiger charge is -2.18. The molecule has 0 aliphatic carbocycles. The van der Waals surface area contributed by atoms with Crippen molar-refractivity contribution in [3.05, 3.63) is 94.5 Å². The molecule has 0 spiro atoms. The normalized spacial score (nSPS) is 14.8. The van der Waals surface area contributed by atoms with Crippen LogP contribution in [0.5, 0.6) is 5.75 Å². The van der Waals surface area contributed by atoms with Crippen LogP contribution in [0.25, 0.3) is 0 Å². The highest BCUT2D eigenvalue weighted by molar-refractivity contribution is 6.21. The largest absolute Gasteiger partial charge is 0.493 e. The van der Waals surface area contributed by atoms with Crippen LogP contribution in [-0.4, -0.2) is 41.7 Å². The summed E-state index contributed by atoms with van der Waals surface area (Å²) in [5.41, 5.74) is 3.42. The second kappa shape index (κ2) is 10.3. The van der Waals surface area contributed by atoms with Crippen LogP contribution in [-0.2, 0) is 17.9 Å². The molecule has 4 amide bonds. The molecule has 188 valence electrons. The molecule has 8 heteroatoms. The Kier molecular flexibility index (Phi) is 6.72. The Hall–Kier alpha value is -4.46. The number of amides is 4. The van der Waals surface area contributed by atoms with Crippen LogP contribution < -0.4 is 15.0 Å². The second-order valence-corrected chi connectivity index (χ2v) is 9.01. The molecule has 0 saturated carbocycles. The summed E-state index contributed by atoms with van der Waals surface area (Å²) in [6.45, 7) is 3.23. The number of nitrogens with one attached hydrogen (secondary N) is 1. The lowest BCUT2D eigenvalue weighted by Crippen LogP contribution is -2.29. The van der Waals surface area contributed by atoms with Gasteiger partial charge in [0.05, 0.1) is 29.8 Å². The van der Waals surface area contributed by atoms with Gasteiger partial charge in [0, 0.05) is 25.2 Å². The molecule has 5 rings (SSSR count). The Morgan fingerprint density at radius 2 is 1.68 bits per heavy atom. The molecule has 0 aromatic heterocycles. The van der Waals surface area contributed by atoms with Crippen LogP contribution in [0.15, 0.2) is 66.7 Å². The summed E-state index contributed by atoms with van der Waals surface area (Å²) in [6.07, 6.45) is 1.40. The molecule has 3 aromatic carbocycles. The Morgan fingerprint density at radius 1 is 0.919 bits per heavy atom. The third-order valence-corrected chi connectivity index (χ3v) is 6.56. The number of imide groups is 1. The van der Waals surface area contributed by atoms with E-state index in [1.165, 1.54) is 4.90 Å². The van der Waals surface area contributed by atoms with Crippen molar-refractivity contribution < 1.29 is 23.9 Å². The van der Waals surface area contributed by atoms with Crippen molar-refractivity contribution in [2.45, 2.75) is 32.9 Å². The average Bonchev–Trinajstić information content (AvgIpc) is 3.45. The third kappa shape index (κ3) is 4.82. The zero-order chi connectivity index (χ0) is 25.9. The number of nitrogens with zero attached hydrogens (tertiary/aromatic N) is 2. The first-order valence-corrected chi connectivity index (χ1v) is 12.3. The number of hydrogen-bond donors (Lipinski definition) is 1. The summed E-state index contributed by atoms with van der Waals surface area (Å²) in [5.74, 6) is -0.510. The molecule has 0 atom stereocenters. The molecule has 3 aromatic rings. The number of rotatable bonds is 8. The van der Waals surface area contributed by atoms with Crippen molar-refractivity contribution >= 4 is 29.3 Å². The summed E-state index contributed by atoms with van der Waals surface area (Å²) in [6, 6.07) is 19.4. The lowest BCUT2D eigenvalue weighted by atomic mass is 10.1. The van der Waals surface area contributed by atoms with Gasteiger partial charge in [0.15, 0.2) is 0 Å². The molecule has 8 nitrogen and oxygen atoms in total. The summed E-state index contributed by atoms with van der Waals surface area (Å²) < 4.78 is 5.67. The van der Waals surface area contributed by atoms with Crippen LogP contribution in [0.1, 0.15) is 62.0 Å². The molecule has 37 heavy (non-hydrogen) atoms.